The van der Waals surface area contributed by atoms with Crippen LogP contribution in [0.2, 0.25) is 0 Å². The molecule has 0 unspecified atom stereocenters. The lowest BCUT2D eigenvalue weighted by Crippen LogP contribution is -2.38. The number of fused-ring (bicyclic) bond motifs is 1. The standard InChI is InChI=1S/C19H15BrFN3O/c20-15-5-2-4-14(8-15)19-17-10-23(18(25)11-24(17)12-22-19)9-13-3-1-6-16(21)7-13/h1-8,12H,9-11H2. The van der Waals surface area contributed by atoms with Gasteiger partial charge in [0.15, 0.2) is 0 Å². The Balaban J connectivity index is 1.64. The number of amides is 1. The van der Waals surface area contributed by atoms with Gasteiger partial charge in [-0.15, -0.1) is 0 Å². The average molecular weight is 400 g/mol. The van der Waals surface area contributed by atoms with E-state index in [4.69, 9.17) is 0 Å². The number of imidazole rings is 1. The van der Waals surface area contributed by atoms with Crippen molar-refractivity contribution in [2.75, 3.05) is 0 Å². The first-order valence-electron chi connectivity index (χ1n) is 7.92. The molecule has 0 bridgehead atoms. The fourth-order valence-corrected chi connectivity index (χ4v) is 3.50. The maximum Gasteiger partial charge on any atom is 0.243 e. The number of carbonyl (C=O) groups excluding carboxylic acids is 1. The minimum atomic E-state index is -0.290. The maximum atomic E-state index is 13.4. The van der Waals surface area contributed by atoms with Crippen LogP contribution in [0.5, 0.6) is 0 Å². The van der Waals surface area contributed by atoms with Crippen molar-refractivity contribution in [1.82, 2.24) is 14.5 Å². The molecule has 0 saturated heterocycles. The van der Waals surface area contributed by atoms with Gasteiger partial charge in [-0.25, -0.2) is 9.37 Å². The van der Waals surface area contributed by atoms with Crippen LogP contribution in [0.4, 0.5) is 4.39 Å². The smallest absolute Gasteiger partial charge is 0.243 e. The molecule has 1 aromatic heterocycles. The zero-order valence-corrected chi connectivity index (χ0v) is 14.9. The maximum absolute atomic E-state index is 13.4. The van der Waals surface area contributed by atoms with Crippen LogP contribution in [0.15, 0.2) is 59.3 Å². The molecule has 0 fully saturated rings. The fourth-order valence-electron chi connectivity index (χ4n) is 3.10. The van der Waals surface area contributed by atoms with Crippen LogP contribution in [0.3, 0.4) is 0 Å². The third-order valence-corrected chi connectivity index (χ3v) is 4.80. The molecule has 126 valence electrons. The predicted molar refractivity (Wildman–Crippen MR) is 96.0 cm³/mol. The quantitative estimate of drug-likeness (QED) is 0.667. The van der Waals surface area contributed by atoms with Gasteiger partial charge in [0.25, 0.3) is 0 Å². The van der Waals surface area contributed by atoms with Gasteiger partial charge in [-0.05, 0) is 29.8 Å². The molecular weight excluding hydrogens is 385 g/mol. The molecule has 4 nitrogen and oxygen atoms in total. The summed E-state index contributed by atoms with van der Waals surface area (Å²) in [6.07, 6.45) is 1.71. The molecule has 0 N–H and O–H groups in total. The van der Waals surface area contributed by atoms with E-state index < -0.39 is 0 Å². The third-order valence-electron chi connectivity index (χ3n) is 4.31. The summed E-state index contributed by atoms with van der Waals surface area (Å²) in [5, 5.41) is 0. The molecule has 2 heterocycles. The van der Waals surface area contributed by atoms with Crippen molar-refractivity contribution < 1.29 is 9.18 Å². The van der Waals surface area contributed by atoms with E-state index in [1.165, 1.54) is 12.1 Å². The van der Waals surface area contributed by atoms with Crippen molar-refractivity contribution in [3.8, 4) is 11.3 Å². The first-order valence-corrected chi connectivity index (χ1v) is 8.71. The van der Waals surface area contributed by atoms with Crippen molar-refractivity contribution in [2.24, 2.45) is 0 Å². The Morgan fingerprint density at radius 2 is 1.96 bits per heavy atom. The van der Waals surface area contributed by atoms with Crippen LogP contribution >= 0.6 is 15.9 Å². The van der Waals surface area contributed by atoms with Crippen LogP contribution in [0, 0.1) is 5.82 Å². The number of rotatable bonds is 3. The van der Waals surface area contributed by atoms with Crippen molar-refractivity contribution in [1.29, 1.82) is 0 Å². The van der Waals surface area contributed by atoms with E-state index in [2.05, 4.69) is 20.9 Å². The van der Waals surface area contributed by atoms with Crippen LogP contribution < -0.4 is 0 Å². The molecule has 25 heavy (non-hydrogen) atoms. The van der Waals surface area contributed by atoms with Crippen LogP contribution in [-0.4, -0.2) is 20.4 Å². The lowest BCUT2D eigenvalue weighted by Gasteiger charge is -2.28. The predicted octanol–water partition coefficient (Wildman–Crippen LogP) is 3.99. The van der Waals surface area contributed by atoms with Gasteiger partial charge in [-0.1, -0.05) is 40.2 Å². The van der Waals surface area contributed by atoms with E-state index in [1.807, 2.05) is 34.9 Å². The molecule has 1 aliphatic rings. The van der Waals surface area contributed by atoms with E-state index in [-0.39, 0.29) is 18.3 Å². The van der Waals surface area contributed by atoms with Gasteiger partial charge >= 0.3 is 0 Å². The zero-order chi connectivity index (χ0) is 17.4. The highest BCUT2D eigenvalue weighted by molar-refractivity contribution is 9.10. The minimum Gasteiger partial charge on any atom is -0.331 e. The van der Waals surface area contributed by atoms with Gasteiger partial charge in [0.2, 0.25) is 5.91 Å². The van der Waals surface area contributed by atoms with Gasteiger partial charge < -0.3 is 9.47 Å². The molecule has 1 aliphatic heterocycles. The SMILES string of the molecule is O=C1Cn2cnc(-c3cccc(Br)c3)c2CN1Cc1cccc(F)c1. The van der Waals surface area contributed by atoms with Gasteiger partial charge in [-0.2, -0.15) is 0 Å². The molecule has 2 aromatic carbocycles. The molecule has 0 saturated carbocycles. The number of aromatic nitrogens is 2. The Labute approximate surface area is 153 Å². The van der Waals surface area contributed by atoms with E-state index in [9.17, 15) is 9.18 Å². The van der Waals surface area contributed by atoms with Crippen molar-refractivity contribution >= 4 is 21.8 Å². The second-order valence-electron chi connectivity index (χ2n) is 6.06. The lowest BCUT2D eigenvalue weighted by molar-refractivity contribution is -0.134. The van der Waals surface area contributed by atoms with Crippen molar-refractivity contribution in [2.45, 2.75) is 19.6 Å². The summed E-state index contributed by atoms with van der Waals surface area (Å²) in [5.41, 5.74) is 3.65. The van der Waals surface area contributed by atoms with E-state index in [1.54, 1.807) is 17.3 Å². The van der Waals surface area contributed by atoms with Gasteiger partial charge in [0, 0.05) is 16.6 Å². The van der Waals surface area contributed by atoms with Crippen LogP contribution in [0.25, 0.3) is 11.3 Å². The molecule has 0 spiro atoms. The van der Waals surface area contributed by atoms with Gasteiger partial charge in [-0.3, -0.25) is 4.79 Å². The monoisotopic (exact) mass is 399 g/mol. The molecule has 1 amide bonds. The number of carbonyl (C=O) groups is 1. The topological polar surface area (TPSA) is 38.1 Å². The molecule has 6 heteroatoms. The fraction of sp³-hybridized carbons (Fsp3) is 0.158. The second-order valence-corrected chi connectivity index (χ2v) is 6.97. The number of nitrogens with zero attached hydrogens (tertiary/aromatic N) is 3. The first kappa shape index (κ1) is 16.0. The summed E-state index contributed by atoms with van der Waals surface area (Å²) < 4.78 is 16.3. The summed E-state index contributed by atoms with van der Waals surface area (Å²) in [5.74, 6) is -0.281. The lowest BCUT2D eigenvalue weighted by atomic mass is 10.1. The third kappa shape index (κ3) is 3.22. The largest absolute Gasteiger partial charge is 0.331 e. The highest BCUT2D eigenvalue weighted by Gasteiger charge is 2.26. The Hall–Kier alpha value is -2.47. The Kier molecular flexibility index (Phi) is 4.13. The highest BCUT2D eigenvalue weighted by atomic mass is 79.9. The Bertz CT molecular complexity index is 953. The summed E-state index contributed by atoms with van der Waals surface area (Å²) in [6.45, 7) is 1.10. The van der Waals surface area contributed by atoms with Gasteiger partial charge in [0.05, 0.1) is 24.3 Å². The van der Waals surface area contributed by atoms with Crippen LogP contribution in [0.1, 0.15) is 11.3 Å². The Morgan fingerprint density at radius 3 is 2.76 bits per heavy atom. The average Bonchev–Trinajstić information content (AvgIpc) is 2.98. The van der Waals surface area contributed by atoms with E-state index in [0.717, 1.165) is 27.0 Å². The van der Waals surface area contributed by atoms with Crippen LogP contribution in [-0.2, 0) is 24.4 Å². The number of halogens is 2. The van der Waals surface area contributed by atoms with Crippen molar-refractivity contribution in [3.05, 3.63) is 76.4 Å². The first-order chi connectivity index (χ1) is 12.1. The normalized spacial score (nSPS) is 13.8. The summed E-state index contributed by atoms with van der Waals surface area (Å²) in [6, 6.07) is 14.3. The highest BCUT2D eigenvalue weighted by Crippen LogP contribution is 2.28. The van der Waals surface area contributed by atoms with Gasteiger partial charge in [0.1, 0.15) is 12.4 Å². The molecule has 0 radical (unpaired) electrons. The van der Waals surface area contributed by atoms with E-state index in [0.29, 0.717) is 13.1 Å². The molecule has 3 aromatic rings. The summed E-state index contributed by atoms with van der Waals surface area (Å²) in [7, 11) is 0. The molecule has 0 aliphatic carbocycles. The van der Waals surface area contributed by atoms with Crippen molar-refractivity contribution in [3.63, 3.8) is 0 Å². The number of hydrogen-bond acceptors (Lipinski definition) is 2. The molecule has 4 rings (SSSR count). The molecular formula is C19H15BrFN3O. The second kappa shape index (κ2) is 6.44. The van der Waals surface area contributed by atoms with E-state index >= 15 is 0 Å². The zero-order valence-electron chi connectivity index (χ0n) is 13.3. The minimum absolute atomic E-state index is 0.00922. The summed E-state index contributed by atoms with van der Waals surface area (Å²) >= 11 is 3.48. The number of hydrogen-bond donors (Lipinski definition) is 0. The summed E-state index contributed by atoms with van der Waals surface area (Å²) in [4.78, 5) is 18.7. The Morgan fingerprint density at radius 1 is 1.12 bits per heavy atom. The number of benzene rings is 2. The molecule has 0 atom stereocenters.